The molecule has 1 aromatic rings. The van der Waals surface area contributed by atoms with Crippen molar-refractivity contribution >= 4 is 17.7 Å². The van der Waals surface area contributed by atoms with Crippen LogP contribution in [0.15, 0.2) is 23.0 Å². The summed E-state index contributed by atoms with van der Waals surface area (Å²) in [6, 6.07) is 1.84. The fourth-order valence-electron chi connectivity index (χ4n) is 11.0. The van der Waals surface area contributed by atoms with Gasteiger partial charge in [-0.1, -0.05) is 20.8 Å². The van der Waals surface area contributed by atoms with Crippen molar-refractivity contribution < 1.29 is 53.1 Å². The number of aliphatic hydroxyl groups excluding tert-OH is 3. The van der Waals surface area contributed by atoms with E-state index in [4.69, 9.17) is 23.4 Å². The molecule has 4 saturated carbocycles. The Balaban J connectivity index is 1.44. The van der Waals surface area contributed by atoms with Gasteiger partial charge in [-0.05, 0) is 30.4 Å². The van der Waals surface area contributed by atoms with E-state index >= 15 is 4.79 Å². The molecule has 2 aliphatic heterocycles. The highest BCUT2D eigenvalue weighted by Gasteiger charge is 2.92. The molecule has 1 aromatic heterocycles. The predicted molar refractivity (Wildman–Crippen MR) is 137 cm³/mol. The Morgan fingerprint density at radius 2 is 1.68 bits per heavy atom. The molecule has 14 atom stereocenters. The first-order valence-corrected chi connectivity index (χ1v) is 14.5. The molecule has 7 rings (SSSR count). The topological polar surface area (TPSA) is 165 Å². The van der Waals surface area contributed by atoms with E-state index in [9.17, 15) is 24.9 Å². The molecule has 3 heterocycles. The maximum atomic E-state index is 15.0. The zero-order valence-electron chi connectivity index (χ0n) is 23.9. The average molecular weight is 575 g/mol. The Morgan fingerprint density at radius 3 is 2.32 bits per heavy atom. The van der Waals surface area contributed by atoms with E-state index in [-0.39, 0.29) is 31.5 Å². The summed E-state index contributed by atoms with van der Waals surface area (Å²) in [5, 5.41) is 35.4. The molecule has 0 amide bonds. The number of hydrogen-bond donors (Lipinski definition) is 3. The van der Waals surface area contributed by atoms with Crippen molar-refractivity contribution in [3.63, 3.8) is 0 Å². The molecule has 4 aliphatic carbocycles. The molecule has 0 unspecified atom stereocenters. The average Bonchev–Trinajstić information content (AvgIpc) is 3.26. The smallest absolute Gasteiger partial charge is 0.303 e. The maximum Gasteiger partial charge on any atom is 0.303 e. The molecular formula is C30H38O11. The third-order valence-corrected chi connectivity index (χ3v) is 12.6. The van der Waals surface area contributed by atoms with Crippen molar-refractivity contribution in [2.75, 3.05) is 6.61 Å². The van der Waals surface area contributed by atoms with Crippen LogP contribution < -0.4 is 0 Å². The summed E-state index contributed by atoms with van der Waals surface area (Å²) < 4.78 is 29.5. The SMILES string of the molecule is CC(=O)O[C@H]1C[C@@H](O)[C@@]23CO[C@H](O)[C@]1(C)[C@@H]2C[C@@H](O)[C@]1(C)[C@@H]3C(=O)[C@H](OC(C)=O)[C@@]2(C)[C@H](c3ccoc3)C[C@H]3O[C@]321. The summed E-state index contributed by atoms with van der Waals surface area (Å²) in [5.41, 5.74) is -4.93. The normalized spacial score (nSPS) is 54.7. The molecule has 224 valence electrons. The van der Waals surface area contributed by atoms with Gasteiger partial charge in [0.15, 0.2) is 18.2 Å². The lowest BCUT2D eigenvalue weighted by Crippen LogP contribution is -2.82. The summed E-state index contributed by atoms with van der Waals surface area (Å²) >= 11 is 0. The Labute approximate surface area is 237 Å². The summed E-state index contributed by atoms with van der Waals surface area (Å²) in [6.07, 6.45) is -2.27. The maximum absolute atomic E-state index is 15.0. The molecule has 0 radical (unpaired) electrons. The van der Waals surface area contributed by atoms with Gasteiger partial charge in [-0.3, -0.25) is 14.4 Å². The molecule has 3 N–H and O–H groups in total. The number of esters is 2. The van der Waals surface area contributed by atoms with Crippen molar-refractivity contribution in [1.82, 2.24) is 0 Å². The molecule has 6 aliphatic rings. The lowest BCUT2D eigenvalue weighted by atomic mass is 9.33. The number of hydrogen-bond acceptors (Lipinski definition) is 11. The van der Waals surface area contributed by atoms with Crippen LogP contribution in [-0.2, 0) is 33.3 Å². The molecule has 1 spiro atoms. The molecule has 6 fully saturated rings. The van der Waals surface area contributed by atoms with Crippen LogP contribution >= 0.6 is 0 Å². The zero-order chi connectivity index (χ0) is 29.5. The number of epoxide rings is 1. The van der Waals surface area contributed by atoms with Crippen LogP contribution in [0.2, 0.25) is 0 Å². The zero-order valence-corrected chi connectivity index (χ0v) is 23.9. The minimum atomic E-state index is -1.36. The van der Waals surface area contributed by atoms with Crippen molar-refractivity contribution in [3.8, 4) is 0 Å². The highest BCUT2D eigenvalue weighted by molar-refractivity contribution is 5.93. The number of ether oxygens (including phenoxy) is 4. The van der Waals surface area contributed by atoms with Gasteiger partial charge in [-0.15, -0.1) is 0 Å². The minimum Gasteiger partial charge on any atom is -0.472 e. The second-order valence-electron chi connectivity index (χ2n) is 13.9. The van der Waals surface area contributed by atoms with Crippen molar-refractivity contribution in [3.05, 3.63) is 24.2 Å². The van der Waals surface area contributed by atoms with Gasteiger partial charge in [-0.2, -0.15) is 0 Å². The van der Waals surface area contributed by atoms with E-state index < -0.39 is 87.5 Å². The summed E-state index contributed by atoms with van der Waals surface area (Å²) in [7, 11) is 0. The number of aliphatic hydroxyl groups is 3. The fraction of sp³-hybridized carbons (Fsp3) is 0.767. The van der Waals surface area contributed by atoms with E-state index in [1.807, 2.05) is 19.9 Å². The van der Waals surface area contributed by atoms with E-state index in [0.29, 0.717) is 6.42 Å². The van der Waals surface area contributed by atoms with Gasteiger partial charge < -0.3 is 38.7 Å². The molecule has 11 nitrogen and oxygen atoms in total. The summed E-state index contributed by atoms with van der Waals surface area (Å²) in [5.74, 6) is -3.56. The van der Waals surface area contributed by atoms with Gasteiger partial charge >= 0.3 is 11.9 Å². The Kier molecular flexibility index (Phi) is 5.50. The van der Waals surface area contributed by atoms with Crippen LogP contribution in [-0.4, -0.2) is 82.1 Å². The summed E-state index contributed by atoms with van der Waals surface area (Å²) in [6.45, 7) is 7.85. The Morgan fingerprint density at radius 1 is 0.976 bits per heavy atom. The number of furan rings is 1. The Hall–Kier alpha value is -2.31. The molecule has 0 aromatic carbocycles. The summed E-state index contributed by atoms with van der Waals surface area (Å²) in [4.78, 5) is 39.7. The number of Topliss-reactive ketones (excluding diaryl/α,β-unsaturated/α-hetero) is 1. The van der Waals surface area contributed by atoms with Crippen LogP contribution in [0, 0.1) is 33.5 Å². The van der Waals surface area contributed by atoms with Crippen LogP contribution in [0.4, 0.5) is 0 Å². The molecule has 41 heavy (non-hydrogen) atoms. The predicted octanol–water partition coefficient (Wildman–Crippen LogP) is 1.47. The van der Waals surface area contributed by atoms with Gasteiger partial charge in [0.25, 0.3) is 0 Å². The van der Waals surface area contributed by atoms with Crippen LogP contribution in [0.5, 0.6) is 0 Å². The quantitative estimate of drug-likeness (QED) is 0.354. The highest BCUT2D eigenvalue weighted by atomic mass is 16.6. The number of carbonyl (C=O) groups is 3. The minimum absolute atomic E-state index is 0.0205. The number of fused-ring (bicyclic) bond motifs is 1. The second kappa shape index (κ2) is 8.19. The van der Waals surface area contributed by atoms with E-state index in [1.165, 1.54) is 13.8 Å². The van der Waals surface area contributed by atoms with E-state index in [0.717, 1.165) is 5.56 Å². The van der Waals surface area contributed by atoms with Crippen LogP contribution in [0.1, 0.15) is 65.4 Å². The fourth-order valence-corrected chi connectivity index (χ4v) is 11.0. The van der Waals surface area contributed by atoms with Crippen molar-refractivity contribution in [2.45, 2.75) is 102 Å². The van der Waals surface area contributed by atoms with E-state index in [2.05, 4.69) is 0 Å². The van der Waals surface area contributed by atoms with Gasteiger partial charge in [0, 0.05) is 42.9 Å². The monoisotopic (exact) mass is 574 g/mol. The molecule has 11 heteroatoms. The van der Waals surface area contributed by atoms with Gasteiger partial charge in [0.2, 0.25) is 0 Å². The third-order valence-electron chi connectivity index (χ3n) is 12.6. The van der Waals surface area contributed by atoms with Crippen molar-refractivity contribution in [2.24, 2.45) is 33.5 Å². The highest BCUT2D eigenvalue weighted by Crippen LogP contribution is 2.82. The van der Waals surface area contributed by atoms with Crippen molar-refractivity contribution in [1.29, 1.82) is 0 Å². The first-order chi connectivity index (χ1) is 19.2. The molecule has 2 saturated heterocycles. The lowest BCUT2D eigenvalue weighted by Gasteiger charge is -2.73. The number of ketones is 1. The third kappa shape index (κ3) is 2.85. The first kappa shape index (κ1) is 27.5. The van der Waals surface area contributed by atoms with Gasteiger partial charge in [-0.25, -0.2) is 0 Å². The van der Waals surface area contributed by atoms with E-state index in [1.54, 1.807) is 19.5 Å². The van der Waals surface area contributed by atoms with Crippen LogP contribution in [0.25, 0.3) is 0 Å². The van der Waals surface area contributed by atoms with Gasteiger partial charge in [0.1, 0.15) is 11.7 Å². The molecular weight excluding hydrogens is 536 g/mol. The first-order valence-electron chi connectivity index (χ1n) is 14.5. The lowest BCUT2D eigenvalue weighted by molar-refractivity contribution is -0.373. The number of carbonyl (C=O) groups excluding carboxylic acids is 3. The van der Waals surface area contributed by atoms with Crippen LogP contribution in [0.3, 0.4) is 0 Å². The second-order valence-corrected chi connectivity index (χ2v) is 13.9. The molecule has 2 bridgehead atoms. The Bertz CT molecular complexity index is 1310. The largest absolute Gasteiger partial charge is 0.472 e. The number of rotatable bonds is 3. The van der Waals surface area contributed by atoms with Gasteiger partial charge in [0.05, 0.1) is 48.3 Å². The standard InChI is InChI=1S/C30H38O11/c1-13(31)39-20-10-19(34)29-12-38-25(36)26(20,3)17(29)9-18(33)28(5)23(29)22(35)24(40-14(2)32)27(4)16(15-6-7-37-11-15)8-21-30(27,28)41-21/h6-7,11,16-21,23-25,33-34,36H,8-10,12H2,1-5H3/t16-,17-,18+,19+,20-,21+,23-,24-,25-,26+,27+,28+,29+,30+/m0/s1.